The number of hydrogen-bond acceptors (Lipinski definition) is 4. The van der Waals surface area contributed by atoms with Crippen molar-refractivity contribution in [3.63, 3.8) is 0 Å². The lowest BCUT2D eigenvalue weighted by molar-refractivity contribution is 0.0207. The third-order valence-corrected chi connectivity index (χ3v) is 2.72. The molecule has 1 saturated carbocycles. The first-order chi connectivity index (χ1) is 6.64. The number of nitrogens with zero attached hydrogens (tertiary/aromatic N) is 1. The molecule has 0 aromatic carbocycles. The molecule has 0 amide bonds. The van der Waals surface area contributed by atoms with Crippen LogP contribution >= 0.6 is 0 Å². The molecule has 0 atom stereocenters. The first-order valence-corrected chi connectivity index (χ1v) is 4.60. The molecule has 76 valence electrons. The Balaban J connectivity index is 2.24. The number of methoxy groups -OCH3 is 1. The molecule has 0 aliphatic heterocycles. The molecule has 0 unspecified atom stereocenters. The van der Waals surface area contributed by atoms with E-state index < -0.39 is 5.54 Å². The van der Waals surface area contributed by atoms with Crippen LogP contribution in [0.3, 0.4) is 0 Å². The third-order valence-electron chi connectivity index (χ3n) is 2.72. The average Bonchev–Trinajstić information content (AvgIpc) is 2.16. The highest BCUT2D eigenvalue weighted by Crippen LogP contribution is 2.39. The molecule has 1 aliphatic rings. The van der Waals surface area contributed by atoms with Crippen LogP contribution in [0.4, 0.5) is 0 Å². The van der Waals surface area contributed by atoms with E-state index in [4.69, 9.17) is 10.5 Å². The molecule has 0 spiro atoms. The van der Waals surface area contributed by atoms with Crippen LogP contribution in [0.1, 0.15) is 18.4 Å². The van der Waals surface area contributed by atoms with Gasteiger partial charge in [-0.05, 0) is 24.5 Å². The van der Waals surface area contributed by atoms with Crippen LogP contribution in [0.2, 0.25) is 0 Å². The Bertz CT molecular complexity index is 335. The van der Waals surface area contributed by atoms with Crippen molar-refractivity contribution >= 4 is 0 Å². The molecule has 0 radical (unpaired) electrons. The number of aliphatic hydroxyl groups is 1. The Morgan fingerprint density at radius 3 is 2.86 bits per heavy atom. The number of aliphatic hydroxyl groups excluding tert-OH is 1. The summed E-state index contributed by atoms with van der Waals surface area (Å²) in [5, 5.41) is 9.24. The van der Waals surface area contributed by atoms with E-state index in [0.717, 1.165) is 5.56 Å². The molecule has 14 heavy (non-hydrogen) atoms. The van der Waals surface area contributed by atoms with Gasteiger partial charge in [0.25, 0.3) is 0 Å². The van der Waals surface area contributed by atoms with Crippen LogP contribution in [0, 0.1) is 0 Å². The fourth-order valence-electron chi connectivity index (χ4n) is 1.82. The van der Waals surface area contributed by atoms with E-state index in [1.54, 1.807) is 19.5 Å². The summed E-state index contributed by atoms with van der Waals surface area (Å²) in [5.74, 6) is 0.703. The minimum atomic E-state index is -0.416. The highest BCUT2D eigenvalue weighted by atomic mass is 16.5. The van der Waals surface area contributed by atoms with Gasteiger partial charge in [0.1, 0.15) is 5.75 Å². The van der Waals surface area contributed by atoms with Crippen LogP contribution in [0.25, 0.3) is 0 Å². The topological polar surface area (TPSA) is 68.4 Å². The van der Waals surface area contributed by atoms with Crippen molar-refractivity contribution in [3.8, 4) is 5.75 Å². The number of ether oxygens (including phenoxy) is 1. The summed E-state index contributed by atoms with van der Waals surface area (Å²) in [4.78, 5) is 4.04. The number of nitrogens with two attached hydrogens (primary N) is 1. The monoisotopic (exact) mass is 194 g/mol. The molecule has 1 aliphatic carbocycles. The Morgan fingerprint density at radius 2 is 2.29 bits per heavy atom. The Labute approximate surface area is 82.7 Å². The maximum atomic E-state index is 9.24. The molecule has 1 aromatic rings. The third kappa shape index (κ3) is 1.47. The first-order valence-electron chi connectivity index (χ1n) is 4.60. The fourth-order valence-corrected chi connectivity index (χ4v) is 1.82. The summed E-state index contributed by atoms with van der Waals surface area (Å²) in [6.07, 6.45) is 4.30. The van der Waals surface area contributed by atoms with Crippen LogP contribution in [0.5, 0.6) is 5.75 Å². The second-order valence-electron chi connectivity index (χ2n) is 3.83. The second kappa shape index (κ2) is 3.22. The summed E-state index contributed by atoms with van der Waals surface area (Å²) in [7, 11) is 1.60. The maximum absolute atomic E-state index is 9.24. The molecule has 4 nitrogen and oxygen atoms in total. The molecule has 1 aromatic heterocycles. The van der Waals surface area contributed by atoms with Crippen LogP contribution in [-0.2, 0) is 5.54 Å². The predicted octanol–water partition coefficient (Wildman–Crippen LogP) is 0.399. The molecule has 3 N–H and O–H groups in total. The Hall–Kier alpha value is -1.13. The number of pyridine rings is 1. The van der Waals surface area contributed by atoms with E-state index in [0.29, 0.717) is 18.6 Å². The average molecular weight is 194 g/mol. The fraction of sp³-hybridized carbons (Fsp3) is 0.500. The minimum absolute atomic E-state index is 0.272. The summed E-state index contributed by atoms with van der Waals surface area (Å²) in [6, 6.07) is 1.87. The number of hydrogen-bond donors (Lipinski definition) is 2. The van der Waals surface area contributed by atoms with Crippen molar-refractivity contribution in [1.82, 2.24) is 4.98 Å². The second-order valence-corrected chi connectivity index (χ2v) is 3.83. The molecule has 4 heteroatoms. The molecule has 0 bridgehead atoms. The van der Waals surface area contributed by atoms with Crippen molar-refractivity contribution in [3.05, 3.63) is 24.0 Å². The van der Waals surface area contributed by atoms with Crippen molar-refractivity contribution in [1.29, 1.82) is 0 Å². The van der Waals surface area contributed by atoms with E-state index in [2.05, 4.69) is 4.98 Å². The van der Waals surface area contributed by atoms with Gasteiger partial charge in [-0.3, -0.25) is 4.98 Å². The van der Waals surface area contributed by atoms with Crippen molar-refractivity contribution in [2.75, 3.05) is 7.11 Å². The minimum Gasteiger partial charge on any atom is -0.495 e. The van der Waals surface area contributed by atoms with Crippen molar-refractivity contribution < 1.29 is 9.84 Å². The molecule has 1 heterocycles. The van der Waals surface area contributed by atoms with Crippen LogP contribution in [0.15, 0.2) is 18.5 Å². The van der Waals surface area contributed by atoms with Crippen LogP contribution in [-0.4, -0.2) is 23.3 Å². The SMILES string of the molecule is COc1cncc(C2(N)CC(O)C2)c1. The number of aromatic nitrogens is 1. The van der Waals surface area contributed by atoms with E-state index in [-0.39, 0.29) is 6.10 Å². The van der Waals surface area contributed by atoms with E-state index in [1.807, 2.05) is 6.07 Å². The highest BCUT2D eigenvalue weighted by molar-refractivity contribution is 5.31. The molecule has 2 rings (SSSR count). The van der Waals surface area contributed by atoms with Gasteiger partial charge in [-0.2, -0.15) is 0 Å². The van der Waals surface area contributed by atoms with E-state index in [9.17, 15) is 5.11 Å². The maximum Gasteiger partial charge on any atom is 0.137 e. The first kappa shape index (κ1) is 9.43. The zero-order valence-corrected chi connectivity index (χ0v) is 8.10. The Kier molecular flexibility index (Phi) is 2.17. The van der Waals surface area contributed by atoms with Gasteiger partial charge in [0.05, 0.1) is 19.4 Å². The highest BCUT2D eigenvalue weighted by Gasteiger charge is 2.41. The predicted molar refractivity (Wildman–Crippen MR) is 51.9 cm³/mol. The summed E-state index contributed by atoms with van der Waals surface area (Å²) in [5.41, 5.74) is 6.60. The summed E-state index contributed by atoms with van der Waals surface area (Å²) < 4.78 is 5.06. The zero-order valence-electron chi connectivity index (χ0n) is 8.10. The molecule has 0 saturated heterocycles. The summed E-state index contributed by atoms with van der Waals surface area (Å²) >= 11 is 0. The Morgan fingerprint density at radius 1 is 1.57 bits per heavy atom. The van der Waals surface area contributed by atoms with Gasteiger partial charge in [-0.15, -0.1) is 0 Å². The number of rotatable bonds is 2. The van der Waals surface area contributed by atoms with Gasteiger partial charge in [-0.25, -0.2) is 0 Å². The lowest BCUT2D eigenvalue weighted by Gasteiger charge is -2.42. The van der Waals surface area contributed by atoms with Gasteiger partial charge >= 0.3 is 0 Å². The lowest BCUT2D eigenvalue weighted by Crippen LogP contribution is -2.51. The van der Waals surface area contributed by atoms with Gasteiger partial charge in [-0.1, -0.05) is 0 Å². The molecular weight excluding hydrogens is 180 g/mol. The van der Waals surface area contributed by atoms with Crippen LogP contribution < -0.4 is 10.5 Å². The smallest absolute Gasteiger partial charge is 0.137 e. The molecule has 1 fully saturated rings. The largest absolute Gasteiger partial charge is 0.495 e. The van der Waals surface area contributed by atoms with Gasteiger partial charge < -0.3 is 15.6 Å². The molecular formula is C10H14N2O2. The van der Waals surface area contributed by atoms with Gasteiger partial charge in [0.15, 0.2) is 0 Å². The van der Waals surface area contributed by atoms with Gasteiger partial charge in [0, 0.05) is 11.7 Å². The van der Waals surface area contributed by atoms with E-state index in [1.165, 1.54) is 0 Å². The normalized spacial score (nSPS) is 30.9. The lowest BCUT2D eigenvalue weighted by atomic mass is 9.71. The summed E-state index contributed by atoms with van der Waals surface area (Å²) in [6.45, 7) is 0. The van der Waals surface area contributed by atoms with Gasteiger partial charge in [0.2, 0.25) is 0 Å². The van der Waals surface area contributed by atoms with Crippen molar-refractivity contribution in [2.24, 2.45) is 5.73 Å². The zero-order chi connectivity index (χ0) is 10.2. The quantitative estimate of drug-likeness (QED) is 0.715. The standard InChI is InChI=1S/C10H14N2O2/c1-14-9-2-7(5-12-6-9)10(11)3-8(13)4-10/h2,5-6,8,13H,3-4,11H2,1H3. The van der Waals surface area contributed by atoms with Crippen molar-refractivity contribution in [2.45, 2.75) is 24.5 Å². The van der Waals surface area contributed by atoms with E-state index >= 15 is 0 Å².